The van der Waals surface area contributed by atoms with Crippen molar-refractivity contribution in [3.8, 4) is 11.6 Å². The second-order valence-corrected chi connectivity index (χ2v) is 6.20. The molecule has 0 unspecified atom stereocenters. The zero-order valence-electron chi connectivity index (χ0n) is 15.0. The van der Waals surface area contributed by atoms with Crippen LogP contribution in [0.1, 0.15) is 24.5 Å². The molecule has 0 saturated carbocycles. The minimum absolute atomic E-state index is 0.0210. The normalized spacial score (nSPS) is 12.0. The predicted molar refractivity (Wildman–Crippen MR) is 99.3 cm³/mol. The van der Waals surface area contributed by atoms with E-state index in [2.05, 4.69) is 9.98 Å². The first kappa shape index (κ1) is 18.7. The standard InChI is InChI=1S/C18H24N4O3/c1-12-8-5-6-9-14(12)22-17(24)15(16(23)20-18(22)25)13(2)19-10-7-11-21(3)4/h5-6,8-9,24H,7,10-11H2,1-4H3,(H,20,23,25). The number of para-hydroxylation sites is 1. The number of nitrogens with one attached hydrogen (secondary N) is 1. The van der Waals surface area contributed by atoms with Crippen molar-refractivity contribution in [1.29, 1.82) is 0 Å². The van der Waals surface area contributed by atoms with Gasteiger partial charge in [0.25, 0.3) is 5.56 Å². The summed E-state index contributed by atoms with van der Waals surface area (Å²) in [5.41, 5.74) is 0.427. The van der Waals surface area contributed by atoms with Gasteiger partial charge in [0.1, 0.15) is 5.56 Å². The molecule has 7 heteroatoms. The topological polar surface area (TPSA) is 90.7 Å². The van der Waals surface area contributed by atoms with Crippen LogP contribution in [0.4, 0.5) is 0 Å². The molecule has 0 bridgehead atoms. The number of aromatic nitrogens is 2. The third-order valence-electron chi connectivity index (χ3n) is 3.92. The molecule has 0 spiro atoms. The van der Waals surface area contributed by atoms with Crippen molar-refractivity contribution in [2.75, 3.05) is 27.2 Å². The Kier molecular flexibility index (Phi) is 5.93. The van der Waals surface area contributed by atoms with Gasteiger partial charge in [0.15, 0.2) is 0 Å². The third kappa shape index (κ3) is 4.24. The molecule has 0 aliphatic heterocycles. The SMILES string of the molecule is CC(=NCCCN(C)C)c1c(O)n(-c2ccccc2C)c(=O)[nH]c1=O. The second kappa shape index (κ2) is 7.94. The van der Waals surface area contributed by atoms with Crippen LogP contribution in [0.3, 0.4) is 0 Å². The lowest BCUT2D eigenvalue weighted by Gasteiger charge is -2.13. The molecule has 25 heavy (non-hydrogen) atoms. The fourth-order valence-electron chi connectivity index (χ4n) is 2.60. The molecule has 0 radical (unpaired) electrons. The van der Waals surface area contributed by atoms with Gasteiger partial charge in [-0.1, -0.05) is 18.2 Å². The highest BCUT2D eigenvalue weighted by molar-refractivity contribution is 6.00. The summed E-state index contributed by atoms with van der Waals surface area (Å²) in [6, 6.07) is 7.14. The molecule has 0 atom stereocenters. The van der Waals surface area contributed by atoms with Crippen molar-refractivity contribution in [3.63, 3.8) is 0 Å². The summed E-state index contributed by atoms with van der Waals surface area (Å²) in [5.74, 6) is -0.392. The molecule has 2 N–H and O–H groups in total. The number of hydrogen-bond acceptors (Lipinski definition) is 5. The highest BCUT2D eigenvalue weighted by Gasteiger charge is 2.18. The van der Waals surface area contributed by atoms with Crippen LogP contribution in [0.15, 0.2) is 38.8 Å². The second-order valence-electron chi connectivity index (χ2n) is 6.20. The van der Waals surface area contributed by atoms with E-state index in [1.54, 1.807) is 19.1 Å². The molecule has 1 heterocycles. The number of H-pyrrole nitrogens is 1. The monoisotopic (exact) mass is 344 g/mol. The molecule has 2 rings (SSSR count). The fraction of sp³-hybridized carbons (Fsp3) is 0.389. The lowest BCUT2D eigenvalue weighted by molar-refractivity contribution is 0.403. The highest BCUT2D eigenvalue weighted by Crippen LogP contribution is 2.19. The van der Waals surface area contributed by atoms with E-state index >= 15 is 0 Å². The summed E-state index contributed by atoms with van der Waals surface area (Å²) in [4.78, 5) is 33.1. The summed E-state index contributed by atoms with van der Waals surface area (Å²) < 4.78 is 1.10. The molecule has 1 aromatic heterocycles. The van der Waals surface area contributed by atoms with Crippen LogP contribution >= 0.6 is 0 Å². The van der Waals surface area contributed by atoms with Gasteiger partial charge in [-0.25, -0.2) is 9.36 Å². The molecule has 7 nitrogen and oxygen atoms in total. The van der Waals surface area contributed by atoms with Crippen LogP contribution in [0.5, 0.6) is 5.88 Å². The van der Waals surface area contributed by atoms with Crippen molar-refractivity contribution >= 4 is 5.71 Å². The van der Waals surface area contributed by atoms with Crippen LogP contribution in [-0.2, 0) is 0 Å². The molecule has 0 fully saturated rings. The number of aryl methyl sites for hydroxylation is 1. The molecule has 1 aromatic carbocycles. The van der Waals surface area contributed by atoms with Gasteiger partial charge in [-0.15, -0.1) is 0 Å². The molecular formula is C18H24N4O3. The number of aromatic amines is 1. The molecule has 0 aliphatic rings. The van der Waals surface area contributed by atoms with E-state index in [-0.39, 0.29) is 5.56 Å². The largest absolute Gasteiger partial charge is 0.493 e. The minimum Gasteiger partial charge on any atom is -0.493 e. The van der Waals surface area contributed by atoms with Crippen molar-refractivity contribution in [1.82, 2.24) is 14.5 Å². The lowest BCUT2D eigenvalue weighted by Crippen LogP contribution is -2.33. The smallest absolute Gasteiger partial charge is 0.335 e. The van der Waals surface area contributed by atoms with Crippen LogP contribution in [0.25, 0.3) is 5.69 Å². The first-order valence-electron chi connectivity index (χ1n) is 8.13. The van der Waals surface area contributed by atoms with Gasteiger partial charge in [-0.05, 0) is 52.5 Å². The van der Waals surface area contributed by atoms with Crippen LogP contribution in [0.2, 0.25) is 0 Å². The fourth-order valence-corrected chi connectivity index (χ4v) is 2.60. The highest BCUT2D eigenvalue weighted by atomic mass is 16.3. The van der Waals surface area contributed by atoms with E-state index in [1.807, 2.05) is 38.1 Å². The summed E-state index contributed by atoms with van der Waals surface area (Å²) in [6.45, 7) is 4.90. The molecule has 0 saturated heterocycles. The maximum Gasteiger partial charge on any atom is 0.335 e. The maximum absolute atomic E-state index is 12.2. The van der Waals surface area contributed by atoms with Gasteiger partial charge >= 0.3 is 5.69 Å². The van der Waals surface area contributed by atoms with Crippen LogP contribution in [-0.4, -0.2) is 52.5 Å². The Balaban J connectivity index is 2.49. The van der Waals surface area contributed by atoms with Gasteiger partial charge in [-0.3, -0.25) is 14.8 Å². The van der Waals surface area contributed by atoms with Gasteiger partial charge in [0.2, 0.25) is 5.88 Å². The molecule has 2 aromatic rings. The number of hydrogen-bond donors (Lipinski definition) is 2. The Morgan fingerprint density at radius 2 is 1.96 bits per heavy atom. The molecule has 0 amide bonds. The quantitative estimate of drug-likeness (QED) is 0.610. The third-order valence-corrected chi connectivity index (χ3v) is 3.92. The summed E-state index contributed by atoms with van der Waals surface area (Å²) >= 11 is 0. The first-order valence-corrected chi connectivity index (χ1v) is 8.13. The van der Waals surface area contributed by atoms with E-state index in [0.717, 1.165) is 23.1 Å². The zero-order chi connectivity index (χ0) is 18.6. The Morgan fingerprint density at radius 3 is 2.60 bits per heavy atom. The van der Waals surface area contributed by atoms with Crippen LogP contribution in [0, 0.1) is 6.92 Å². The maximum atomic E-state index is 12.2. The Morgan fingerprint density at radius 1 is 1.28 bits per heavy atom. The lowest BCUT2D eigenvalue weighted by atomic mass is 10.1. The molecule has 134 valence electrons. The Labute approximate surface area is 146 Å². The summed E-state index contributed by atoms with van der Waals surface area (Å²) in [7, 11) is 3.95. The molecule has 0 aliphatic carbocycles. The van der Waals surface area contributed by atoms with Crippen molar-refractivity contribution < 1.29 is 5.11 Å². The Bertz CT molecular complexity index is 894. The van der Waals surface area contributed by atoms with Gasteiger partial charge in [-0.2, -0.15) is 0 Å². The number of nitrogens with zero attached hydrogens (tertiary/aromatic N) is 3. The minimum atomic E-state index is -0.680. The summed E-state index contributed by atoms with van der Waals surface area (Å²) in [6.07, 6.45) is 0.834. The van der Waals surface area contributed by atoms with E-state index in [4.69, 9.17) is 0 Å². The number of benzene rings is 1. The van der Waals surface area contributed by atoms with Crippen molar-refractivity contribution in [2.45, 2.75) is 20.3 Å². The average Bonchev–Trinajstić information content (AvgIpc) is 2.52. The van der Waals surface area contributed by atoms with Gasteiger partial charge in [0, 0.05) is 12.3 Å². The van der Waals surface area contributed by atoms with E-state index in [1.165, 1.54) is 0 Å². The van der Waals surface area contributed by atoms with E-state index in [9.17, 15) is 14.7 Å². The van der Waals surface area contributed by atoms with Crippen molar-refractivity contribution in [3.05, 3.63) is 56.2 Å². The van der Waals surface area contributed by atoms with Crippen molar-refractivity contribution in [2.24, 2.45) is 4.99 Å². The predicted octanol–water partition coefficient (Wildman–Crippen LogP) is 1.30. The van der Waals surface area contributed by atoms with Crippen LogP contribution < -0.4 is 11.2 Å². The van der Waals surface area contributed by atoms with Gasteiger partial charge in [0.05, 0.1) is 5.69 Å². The van der Waals surface area contributed by atoms with E-state index in [0.29, 0.717) is 17.9 Å². The number of aliphatic imine (C=N–C) groups is 1. The van der Waals surface area contributed by atoms with Gasteiger partial charge < -0.3 is 10.0 Å². The number of rotatable bonds is 6. The average molecular weight is 344 g/mol. The first-order chi connectivity index (χ1) is 11.8. The zero-order valence-corrected chi connectivity index (χ0v) is 15.0. The number of aromatic hydroxyl groups is 1. The van der Waals surface area contributed by atoms with E-state index < -0.39 is 17.1 Å². The summed E-state index contributed by atoms with van der Waals surface area (Å²) in [5, 5.41) is 10.6. The Hall–Kier alpha value is -2.67. The molecular weight excluding hydrogens is 320 g/mol.